The first kappa shape index (κ1) is 14.2. The number of anilines is 1. The predicted octanol–water partition coefficient (Wildman–Crippen LogP) is 0.638. The summed E-state index contributed by atoms with van der Waals surface area (Å²) in [6, 6.07) is 7.32. The summed E-state index contributed by atoms with van der Waals surface area (Å²) in [5, 5.41) is 11.2. The highest BCUT2D eigenvalue weighted by Crippen LogP contribution is 2.09. The standard InChI is InChI=1S/C13H18N2O3/c1-3-10-4-6-11(7-5-10)14-12(17)13(18)15(2)8-9-16/h4-7,16H,3,8-9H2,1-2H3,(H,14,17). The van der Waals surface area contributed by atoms with E-state index in [2.05, 4.69) is 5.32 Å². The van der Waals surface area contributed by atoms with Gasteiger partial charge in [0.1, 0.15) is 0 Å². The molecule has 0 fully saturated rings. The maximum Gasteiger partial charge on any atom is 0.313 e. The lowest BCUT2D eigenvalue weighted by molar-refractivity contribution is -0.142. The topological polar surface area (TPSA) is 69.6 Å². The number of carbonyl (C=O) groups is 2. The first-order chi connectivity index (χ1) is 8.58. The van der Waals surface area contributed by atoms with Gasteiger partial charge in [-0.05, 0) is 24.1 Å². The number of aliphatic hydroxyl groups excluding tert-OH is 1. The highest BCUT2D eigenvalue weighted by molar-refractivity contribution is 6.39. The Morgan fingerprint density at radius 1 is 1.28 bits per heavy atom. The molecule has 0 heterocycles. The van der Waals surface area contributed by atoms with Crippen LogP contribution in [0.5, 0.6) is 0 Å². The van der Waals surface area contributed by atoms with E-state index in [4.69, 9.17) is 5.11 Å². The predicted molar refractivity (Wildman–Crippen MR) is 69.2 cm³/mol. The van der Waals surface area contributed by atoms with Crippen molar-refractivity contribution in [3.63, 3.8) is 0 Å². The van der Waals surface area contributed by atoms with Crippen LogP contribution in [0.15, 0.2) is 24.3 Å². The van der Waals surface area contributed by atoms with Crippen molar-refractivity contribution in [1.82, 2.24) is 4.90 Å². The molecule has 1 rings (SSSR count). The Hall–Kier alpha value is -1.88. The number of rotatable bonds is 4. The van der Waals surface area contributed by atoms with Gasteiger partial charge in [0.05, 0.1) is 6.61 Å². The summed E-state index contributed by atoms with van der Waals surface area (Å²) in [6.07, 6.45) is 0.923. The minimum atomic E-state index is -0.699. The Kier molecular flexibility index (Phi) is 5.32. The summed E-state index contributed by atoms with van der Waals surface area (Å²) < 4.78 is 0. The van der Waals surface area contributed by atoms with E-state index < -0.39 is 11.8 Å². The Balaban J connectivity index is 2.60. The zero-order chi connectivity index (χ0) is 13.5. The van der Waals surface area contributed by atoms with Crippen molar-refractivity contribution in [3.8, 4) is 0 Å². The van der Waals surface area contributed by atoms with E-state index in [1.54, 1.807) is 12.1 Å². The molecule has 0 aliphatic rings. The number of likely N-dealkylation sites (N-methyl/N-ethyl adjacent to an activating group) is 1. The third-order valence-electron chi connectivity index (χ3n) is 2.60. The van der Waals surface area contributed by atoms with Gasteiger partial charge in [0, 0.05) is 19.3 Å². The molecule has 2 N–H and O–H groups in total. The number of aliphatic hydroxyl groups is 1. The molecule has 1 aromatic carbocycles. The number of benzene rings is 1. The second kappa shape index (κ2) is 6.76. The normalized spacial score (nSPS) is 9.94. The van der Waals surface area contributed by atoms with Crippen molar-refractivity contribution in [2.45, 2.75) is 13.3 Å². The van der Waals surface area contributed by atoms with Gasteiger partial charge in [0.25, 0.3) is 0 Å². The molecule has 1 aromatic rings. The average Bonchev–Trinajstić information content (AvgIpc) is 2.39. The zero-order valence-corrected chi connectivity index (χ0v) is 10.6. The molecule has 18 heavy (non-hydrogen) atoms. The summed E-state index contributed by atoms with van der Waals surface area (Å²) in [7, 11) is 1.47. The van der Waals surface area contributed by atoms with Gasteiger partial charge in [-0.1, -0.05) is 19.1 Å². The van der Waals surface area contributed by atoms with Gasteiger partial charge in [-0.25, -0.2) is 0 Å². The molecule has 0 aliphatic heterocycles. The third-order valence-corrected chi connectivity index (χ3v) is 2.60. The maximum absolute atomic E-state index is 11.6. The minimum Gasteiger partial charge on any atom is -0.395 e. The molecule has 0 saturated carbocycles. The van der Waals surface area contributed by atoms with Gasteiger partial charge in [0.2, 0.25) is 0 Å². The monoisotopic (exact) mass is 250 g/mol. The zero-order valence-electron chi connectivity index (χ0n) is 10.6. The van der Waals surface area contributed by atoms with Crippen LogP contribution >= 0.6 is 0 Å². The maximum atomic E-state index is 11.6. The fraction of sp³-hybridized carbons (Fsp3) is 0.385. The molecule has 0 spiro atoms. The van der Waals surface area contributed by atoms with Crippen LogP contribution in [0.2, 0.25) is 0 Å². The number of aryl methyl sites for hydroxylation is 1. The Labute approximate surface area is 106 Å². The summed E-state index contributed by atoms with van der Waals surface area (Å²) in [5.74, 6) is -1.36. The summed E-state index contributed by atoms with van der Waals surface area (Å²) in [4.78, 5) is 24.3. The van der Waals surface area contributed by atoms with Gasteiger partial charge >= 0.3 is 11.8 Å². The molecule has 0 bridgehead atoms. The van der Waals surface area contributed by atoms with Gasteiger partial charge in [-0.2, -0.15) is 0 Å². The second-order valence-corrected chi connectivity index (χ2v) is 3.95. The molecule has 0 radical (unpaired) electrons. The lowest BCUT2D eigenvalue weighted by Crippen LogP contribution is -2.38. The summed E-state index contributed by atoms with van der Waals surface area (Å²) in [5.41, 5.74) is 1.75. The van der Waals surface area contributed by atoms with Crippen molar-refractivity contribution in [3.05, 3.63) is 29.8 Å². The quantitative estimate of drug-likeness (QED) is 0.770. The van der Waals surface area contributed by atoms with Crippen LogP contribution in [0.4, 0.5) is 5.69 Å². The second-order valence-electron chi connectivity index (χ2n) is 3.95. The third kappa shape index (κ3) is 3.85. The lowest BCUT2D eigenvalue weighted by atomic mass is 10.1. The van der Waals surface area contributed by atoms with E-state index in [9.17, 15) is 9.59 Å². The van der Waals surface area contributed by atoms with E-state index in [-0.39, 0.29) is 13.2 Å². The number of nitrogens with one attached hydrogen (secondary N) is 1. The number of hydrogen-bond donors (Lipinski definition) is 2. The van der Waals surface area contributed by atoms with Crippen LogP contribution < -0.4 is 5.32 Å². The van der Waals surface area contributed by atoms with E-state index >= 15 is 0 Å². The van der Waals surface area contributed by atoms with Gasteiger partial charge in [0.15, 0.2) is 0 Å². The van der Waals surface area contributed by atoms with E-state index in [1.807, 2.05) is 19.1 Å². The highest BCUT2D eigenvalue weighted by Gasteiger charge is 2.17. The number of carbonyl (C=O) groups excluding carboxylic acids is 2. The van der Waals surface area contributed by atoms with Crippen molar-refractivity contribution < 1.29 is 14.7 Å². The Morgan fingerprint density at radius 2 is 1.89 bits per heavy atom. The number of amides is 2. The van der Waals surface area contributed by atoms with Crippen molar-refractivity contribution >= 4 is 17.5 Å². The van der Waals surface area contributed by atoms with Crippen LogP contribution in [0.1, 0.15) is 12.5 Å². The smallest absolute Gasteiger partial charge is 0.313 e. The van der Waals surface area contributed by atoms with E-state index in [1.165, 1.54) is 11.9 Å². The van der Waals surface area contributed by atoms with Gasteiger partial charge in [-0.15, -0.1) is 0 Å². The van der Waals surface area contributed by atoms with Crippen LogP contribution in [0.3, 0.4) is 0 Å². The molecule has 0 atom stereocenters. The molecule has 2 amide bonds. The Morgan fingerprint density at radius 3 is 2.39 bits per heavy atom. The average molecular weight is 250 g/mol. The van der Waals surface area contributed by atoms with Crippen LogP contribution in [0, 0.1) is 0 Å². The molecule has 0 unspecified atom stereocenters. The van der Waals surface area contributed by atoms with Crippen molar-refractivity contribution in [2.24, 2.45) is 0 Å². The first-order valence-corrected chi connectivity index (χ1v) is 5.84. The summed E-state index contributed by atoms with van der Waals surface area (Å²) >= 11 is 0. The van der Waals surface area contributed by atoms with Gasteiger partial charge < -0.3 is 15.3 Å². The Bertz CT molecular complexity index is 415. The van der Waals surface area contributed by atoms with Crippen LogP contribution in [0.25, 0.3) is 0 Å². The minimum absolute atomic E-state index is 0.140. The van der Waals surface area contributed by atoms with Gasteiger partial charge in [-0.3, -0.25) is 9.59 Å². The molecular weight excluding hydrogens is 232 g/mol. The molecular formula is C13H18N2O3. The highest BCUT2D eigenvalue weighted by atomic mass is 16.3. The summed E-state index contributed by atoms with van der Waals surface area (Å²) in [6.45, 7) is 2.02. The van der Waals surface area contributed by atoms with Crippen LogP contribution in [-0.2, 0) is 16.0 Å². The SMILES string of the molecule is CCc1ccc(NC(=O)C(=O)N(C)CCO)cc1. The van der Waals surface area contributed by atoms with E-state index in [0.717, 1.165) is 12.0 Å². The lowest BCUT2D eigenvalue weighted by Gasteiger charge is -2.15. The largest absolute Gasteiger partial charge is 0.395 e. The fourth-order valence-corrected chi connectivity index (χ4v) is 1.43. The number of nitrogens with zero attached hydrogens (tertiary/aromatic N) is 1. The van der Waals surface area contributed by atoms with E-state index in [0.29, 0.717) is 5.69 Å². The molecule has 0 aliphatic carbocycles. The molecule has 5 nitrogen and oxygen atoms in total. The van der Waals surface area contributed by atoms with Crippen LogP contribution in [-0.4, -0.2) is 42.0 Å². The molecule has 0 saturated heterocycles. The fourth-order valence-electron chi connectivity index (χ4n) is 1.43. The number of hydrogen-bond acceptors (Lipinski definition) is 3. The molecule has 98 valence electrons. The molecule has 0 aromatic heterocycles. The first-order valence-electron chi connectivity index (χ1n) is 5.84. The van der Waals surface area contributed by atoms with Crippen molar-refractivity contribution in [1.29, 1.82) is 0 Å². The molecule has 5 heteroatoms. The van der Waals surface area contributed by atoms with Crippen molar-refractivity contribution in [2.75, 3.05) is 25.5 Å².